The van der Waals surface area contributed by atoms with Gasteiger partial charge in [-0.15, -0.1) is 0 Å². The van der Waals surface area contributed by atoms with Crippen molar-refractivity contribution in [2.24, 2.45) is 0 Å². The van der Waals surface area contributed by atoms with Crippen LogP contribution in [0.15, 0.2) is 42.5 Å². The van der Waals surface area contributed by atoms with E-state index in [4.69, 9.17) is 0 Å². The van der Waals surface area contributed by atoms with Gasteiger partial charge in [-0.05, 0) is 49.7 Å². The first kappa shape index (κ1) is 19.2. The Kier molecular flexibility index (Phi) is 5.78. The third kappa shape index (κ3) is 4.59. The first-order chi connectivity index (χ1) is 13.4. The fourth-order valence-electron chi connectivity index (χ4n) is 2.90. The molecule has 8 heteroatoms. The van der Waals surface area contributed by atoms with E-state index in [1.54, 1.807) is 23.1 Å². The Bertz CT molecular complexity index is 895. The van der Waals surface area contributed by atoms with Gasteiger partial charge in [0.1, 0.15) is 0 Å². The SMILES string of the molecule is Cc1ccc(NCC(=O)NNC(=O)c2ccc(N3CCNC3=O)c(C)c2)cc1. The van der Waals surface area contributed by atoms with Crippen molar-refractivity contribution in [3.05, 3.63) is 59.2 Å². The van der Waals surface area contributed by atoms with E-state index in [-0.39, 0.29) is 18.5 Å². The predicted octanol–water partition coefficient (Wildman–Crippen LogP) is 1.71. The van der Waals surface area contributed by atoms with Gasteiger partial charge in [0.25, 0.3) is 11.8 Å². The van der Waals surface area contributed by atoms with Crippen LogP contribution in [0.3, 0.4) is 0 Å². The highest BCUT2D eigenvalue weighted by Gasteiger charge is 2.23. The molecule has 0 aliphatic carbocycles. The van der Waals surface area contributed by atoms with E-state index in [0.717, 1.165) is 22.5 Å². The first-order valence-corrected chi connectivity index (χ1v) is 9.00. The van der Waals surface area contributed by atoms with Crippen molar-refractivity contribution < 1.29 is 14.4 Å². The summed E-state index contributed by atoms with van der Waals surface area (Å²) in [6.45, 7) is 5.05. The molecule has 4 N–H and O–H groups in total. The minimum atomic E-state index is -0.427. The standard InChI is InChI=1S/C20H23N5O3/c1-13-3-6-16(7-4-13)22-12-18(26)23-24-19(27)15-5-8-17(14(2)11-15)25-10-9-21-20(25)28/h3-8,11,22H,9-10,12H2,1-2H3,(H,21,28)(H,23,26)(H,24,27). The lowest BCUT2D eigenvalue weighted by Gasteiger charge is -2.17. The quantitative estimate of drug-likeness (QED) is 0.592. The highest BCUT2D eigenvalue weighted by molar-refractivity contribution is 5.98. The molecule has 4 amide bonds. The van der Waals surface area contributed by atoms with Gasteiger partial charge >= 0.3 is 6.03 Å². The number of urea groups is 1. The van der Waals surface area contributed by atoms with Crippen LogP contribution in [0.5, 0.6) is 0 Å². The summed E-state index contributed by atoms with van der Waals surface area (Å²) >= 11 is 0. The minimum absolute atomic E-state index is 0.0331. The fraction of sp³-hybridized carbons (Fsp3) is 0.250. The number of hydrazine groups is 1. The van der Waals surface area contributed by atoms with E-state index in [1.165, 1.54) is 0 Å². The Labute approximate surface area is 163 Å². The zero-order valence-corrected chi connectivity index (χ0v) is 15.8. The van der Waals surface area contributed by atoms with Crippen molar-refractivity contribution in [2.75, 3.05) is 29.9 Å². The van der Waals surface area contributed by atoms with Gasteiger partial charge in [0, 0.05) is 30.0 Å². The van der Waals surface area contributed by atoms with E-state index in [1.807, 2.05) is 38.1 Å². The van der Waals surface area contributed by atoms with Crippen LogP contribution in [-0.4, -0.2) is 37.5 Å². The van der Waals surface area contributed by atoms with Crippen LogP contribution in [0.25, 0.3) is 0 Å². The van der Waals surface area contributed by atoms with Crippen molar-refractivity contribution in [3.63, 3.8) is 0 Å². The third-order valence-corrected chi connectivity index (χ3v) is 4.43. The second-order valence-electron chi connectivity index (χ2n) is 6.61. The molecule has 0 radical (unpaired) electrons. The number of rotatable bonds is 5. The van der Waals surface area contributed by atoms with Crippen LogP contribution in [0, 0.1) is 13.8 Å². The van der Waals surface area contributed by atoms with Gasteiger partial charge < -0.3 is 10.6 Å². The van der Waals surface area contributed by atoms with Crippen LogP contribution in [0.1, 0.15) is 21.5 Å². The average molecular weight is 381 g/mol. The number of hydrogen-bond acceptors (Lipinski definition) is 4. The molecule has 1 saturated heterocycles. The monoisotopic (exact) mass is 381 g/mol. The lowest BCUT2D eigenvalue weighted by atomic mass is 10.1. The predicted molar refractivity (Wildman–Crippen MR) is 107 cm³/mol. The van der Waals surface area contributed by atoms with Crippen molar-refractivity contribution in [1.82, 2.24) is 16.2 Å². The molecule has 1 fully saturated rings. The van der Waals surface area contributed by atoms with Gasteiger partial charge in [-0.2, -0.15) is 0 Å². The van der Waals surface area contributed by atoms with E-state index in [9.17, 15) is 14.4 Å². The van der Waals surface area contributed by atoms with Gasteiger partial charge in [0.05, 0.1) is 6.54 Å². The summed E-state index contributed by atoms with van der Waals surface area (Å²) in [6.07, 6.45) is 0. The molecule has 0 aromatic heterocycles. The molecule has 0 unspecified atom stereocenters. The molecule has 28 heavy (non-hydrogen) atoms. The van der Waals surface area contributed by atoms with Gasteiger partial charge in [0.2, 0.25) is 0 Å². The molecule has 1 heterocycles. The molecule has 8 nitrogen and oxygen atoms in total. The highest BCUT2D eigenvalue weighted by atomic mass is 16.2. The second kappa shape index (κ2) is 8.43. The van der Waals surface area contributed by atoms with Crippen molar-refractivity contribution in [2.45, 2.75) is 13.8 Å². The summed E-state index contributed by atoms with van der Waals surface area (Å²) in [7, 11) is 0. The molecule has 0 bridgehead atoms. The number of amides is 4. The maximum absolute atomic E-state index is 12.3. The Morgan fingerprint density at radius 1 is 1.07 bits per heavy atom. The Morgan fingerprint density at radius 2 is 1.82 bits per heavy atom. The highest BCUT2D eigenvalue weighted by Crippen LogP contribution is 2.22. The summed E-state index contributed by atoms with van der Waals surface area (Å²) in [6, 6.07) is 12.6. The number of nitrogens with zero attached hydrogens (tertiary/aromatic N) is 1. The molecule has 3 rings (SSSR count). The molecule has 0 saturated carbocycles. The summed E-state index contributed by atoms with van der Waals surface area (Å²) in [5, 5.41) is 5.73. The Balaban J connectivity index is 1.51. The van der Waals surface area contributed by atoms with E-state index in [0.29, 0.717) is 18.7 Å². The topological polar surface area (TPSA) is 103 Å². The summed E-state index contributed by atoms with van der Waals surface area (Å²) in [4.78, 5) is 37.6. The largest absolute Gasteiger partial charge is 0.376 e. The molecular weight excluding hydrogens is 358 g/mol. The lowest BCUT2D eigenvalue weighted by Crippen LogP contribution is -2.44. The van der Waals surface area contributed by atoms with Crippen molar-refractivity contribution >= 4 is 29.2 Å². The van der Waals surface area contributed by atoms with Crippen LogP contribution in [0.4, 0.5) is 16.2 Å². The third-order valence-electron chi connectivity index (χ3n) is 4.43. The van der Waals surface area contributed by atoms with Crippen LogP contribution < -0.4 is 26.4 Å². The van der Waals surface area contributed by atoms with Crippen molar-refractivity contribution in [1.29, 1.82) is 0 Å². The maximum Gasteiger partial charge on any atom is 0.322 e. The number of anilines is 2. The smallest absolute Gasteiger partial charge is 0.322 e. The normalized spacial score (nSPS) is 13.1. The fourth-order valence-corrected chi connectivity index (χ4v) is 2.90. The van der Waals surface area contributed by atoms with E-state index >= 15 is 0 Å². The number of carbonyl (C=O) groups excluding carboxylic acids is 3. The van der Waals surface area contributed by atoms with Gasteiger partial charge in [0.15, 0.2) is 0 Å². The van der Waals surface area contributed by atoms with Gasteiger partial charge in [-0.3, -0.25) is 25.3 Å². The molecule has 1 aliphatic rings. The molecule has 1 aliphatic heterocycles. The number of hydrogen-bond donors (Lipinski definition) is 4. The second-order valence-corrected chi connectivity index (χ2v) is 6.61. The number of aryl methyl sites for hydroxylation is 2. The number of carbonyl (C=O) groups is 3. The summed E-state index contributed by atoms with van der Waals surface area (Å²) in [5.74, 6) is -0.791. The van der Waals surface area contributed by atoms with Crippen LogP contribution >= 0.6 is 0 Å². The summed E-state index contributed by atoms with van der Waals surface area (Å²) in [5.41, 5.74) is 8.70. The van der Waals surface area contributed by atoms with Gasteiger partial charge in [-0.1, -0.05) is 17.7 Å². The minimum Gasteiger partial charge on any atom is -0.376 e. The molecular formula is C20H23N5O3. The zero-order chi connectivity index (χ0) is 20.1. The van der Waals surface area contributed by atoms with Crippen LogP contribution in [0.2, 0.25) is 0 Å². The molecule has 0 atom stereocenters. The maximum atomic E-state index is 12.3. The van der Waals surface area contributed by atoms with E-state index < -0.39 is 5.91 Å². The molecule has 0 spiro atoms. The number of nitrogens with one attached hydrogen (secondary N) is 4. The summed E-state index contributed by atoms with van der Waals surface area (Å²) < 4.78 is 0. The van der Waals surface area contributed by atoms with E-state index in [2.05, 4.69) is 21.5 Å². The molecule has 146 valence electrons. The Hall–Kier alpha value is -3.55. The lowest BCUT2D eigenvalue weighted by molar-refractivity contribution is -0.120. The zero-order valence-electron chi connectivity index (χ0n) is 15.8. The van der Waals surface area contributed by atoms with Crippen molar-refractivity contribution in [3.8, 4) is 0 Å². The van der Waals surface area contributed by atoms with Gasteiger partial charge in [-0.25, -0.2) is 4.79 Å². The molecule has 2 aromatic rings. The van der Waals surface area contributed by atoms with Crippen LogP contribution in [-0.2, 0) is 4.79 Å². The average Bonchev–Trinajstić information content (AvgIpc) is 3.11. The first-order valence-electron chi connectivity index (χ1n) is 9.00. The molecule has 2 aromatic carbocycles. The Morgan fingerprint density at radius 3 is 2.46 bits per heavy atom. The number of benzene rings is 2.